The van der Waals surface area contributed by atoms with E-state index in [0.29, 0.717) is 6.79 Å². The summed E-state index contributed by atoms with van der Waals surface area (Å²) in [5.41, 5.74) is 4.77. The van der Waals surface area contributed by atoms with Crippen molar-refractivity contribution in [2.75, 3.05) is 12.1 Å². The van der Waals surface area contributed by atoms with Gasteiger partial charge in [0.05, 0.1) is 0 Å². The summed E-state index contributed by atoms with van der Waals surface area (Å²) < 4.78 is 10.8. The summed E-state index contributed by atoms with van der Waals surface area (Å²) >= 11 is 0. The van der Waals surface area contributed by atoms with E-state index in [0.717, 1.165) is 28.8 Å². The van der Waals surface area contributed by atoms with Gasteiger partial charge >= 0.3 is 0 Å². The van der Waals surface area contributed by atoms with Gasteiger partial charge in [-0.15, -0.1) is 0 Å². The molecule has 0 bridgehead atoms. The average Bonchev–Trinajstić information content (AvgIpc) is 3.28. The largest absolute Gasteiger partial charge is 0.454 e. The number of rotatable bonds is 3. The van der Waals surface area contributed by atoms with E-state index < -0.39 is 0 Å². The van der Waals surface area contributed by atoms with Crippen LogP contribution in [-0.2, 0) is 0 Å². The van der Waals surface area contributed by atoms with Gasteiger partial charge in [0.1, 0.15) is 0 Å². The van der Waals surface area contributed by atoms with E-state index in [2.05, 4.69) is 34.7 Å². The van der Waals surface area contributed by atoms with Crippen LogP contribution in [0.5, 0.6) is 11.5 Å². The second-order valence-corrected chi connectivity index (χ2v) is 7.03. The van der Waals surface area contributed by atoms with Gasteiger partial charge in [-0.25, -0.2) is 0 Å². The number of fused-ring (bicyclic) bond motifs is 2. The van der Waals surface area contributed by atoms with Crippen molar-refractivity contribution in [2.24, 2.45) is 0 Å². The molecule has 25 heavy (non-hydrogen) atoms. The van der Waals surface area contributed by atoms with Crippen molar-refractivity contribution in [3.8, 4) is 11.5 Å². The molecule has 2 aromatic carbocycles. The maximum atomic E-state index is 5.45. The zero-order valence-corrected chi connectivity index (χ0v) is 14.2. The Bertz CT molecular complexity index is 909. The van der Waals surface area contributed by atoms with Crippen molar-refractivity contribution in [3.63, 3.8) is 0 Å². The lowest BCUT2D eigenvalue weighted by molar-refractivity contribution is 0.174. The summed E-state index contributed by atoms with van der Waals surface area (Å²) in [4.78, 5) is 3.47. The Labute approximate surface area is 147 Å². The number of aromatic amines is 1. The highest BCUT2D eigenvalue weighted by Crippen LogP contribution is 2.38. The van der Waals surface area contributed by atoms with Crippen LogP contribution in [0.4, 0.5) is 11.4 Å². The van der Waals surface area contributed by atoms with Crippen molar-refractivity contribution < 1.29 is 9.47 Å². The van der Waals surface area contributed by atoms with Gasteiger partial charge in [0.2, 0.25) is 6.79 Å². The topological polar surface area (TPSA) is 46.3 Å². The quantitative estimate of drug-likeness (QED) is 0.647. The second-order valence-electron chi connectivity index (χ2n) is 7.03. The van der Waals surface area contributed by atoms with Gasteiger partial charge in [-0.05, 0) is 48.6 Å². The highest BCUT2D eigenvalue weighted by atomic mass is 16.7. The summed E-state index contributed by atoms with van der Waals surface area (Å²) in [6.07, 6.45) is 8.98. The Morgan fingerprint density at radius 2 is 1.68 bits per heavy atom. The lowest BCUT2D eigenvalue weighted by atomic mass is 9.84. The number of anilines is 2. The summed E-state index contributed by atoms with van der Waals surface area (Å²) in [6.45, 7) is 0.303. The molecule has 0 atom stereocenters. The van der Waals surface area contributed by atoms with Crippen LogP contribution in [0.1, 0.15) is 43.6 Å². The molecule has 3 aromatic rings. The van der Waals surface area contributed by atoms with E-state index in [9.17, 15) is 0 Å². The first-order valence-electron chi connectivity index (χ1n) is 9.14. The molecule has 128 valence electrons. The molecule has 1 aromatic heterocycles. The molecule has 4 nitrogen and oxygen atoms in total. The van der Waals surface area contributed by atoms with Gasteiger partial charge in [-0.2, -0.15) is 0 Å². The lowest BCUT2D eigenvalue weighted by Gasteiger charge is -2.21. The highest BCUT2D eigenvalue weighted by Gasteiger charge is 2.19. The first kappa shape index (κ1) is 14.7. The third-order valence-corrected chi connectivity index (χ3v) is 5.42. The summed E-state index contributed by atoms with van der Waals surface area (Å²) in [6, 6.07) is 12.5. The van der Waals surface area contributed by atoms with E-state index in [1.807, 2.05) is 18.2 Å². The number of hydrogen-bond acceptors (Lipinski definition) is 3. The van der Waals surface area contributed by atoms with Crippen LogP contribution in [0.25, 0.3) is 10.9 Å². The predicted octanol–water partition coefficient (Wildman–Crippen LogP) is 5.69. The summed E-state index contributed by atoms with van der Waals surface area (Å²) in [7, 11) is 0. The van der Waals surface area contributed by atoms with Crippen molar-refractivity contribution >= 4 is 22.3 Å². The number of hydrogen-bond donors (Lipinski definition) is 2. The van der Waals surface area contributed by atoms with Crippen LogP contribution in [0.2, 0.25) is 0 Å². The van der Waals surface area contributed by atoms with E-state index in [1.165, 1.54) is 48.6 Å². The van der Waals surface area contributed by atoms with Crippen LogP contribution in [-0.4, -0.2) is 11.8 Å². The van der Waals surface area contributed by atoms with Crippen LogP contribution in [0, 0.1) is 0 Å². The minimum absolute atomic E-state index is 0.303. The molecule has 1 saturated carbocycles. The Morgan fingerprint density at radius 1 is 0.880 bits per heavy atom. The van der Waals surface area contributed by atoms with Crippen LogP contribution in [0.15, 0.2) is 42.6 Å². The number of benzene rings is 2. The highest BCUT2D eigenvalue weighted by molar-refractivity contribution is 5.87. The Kier molecular flexibility index (Phi) is 3.54. The molecule has 0 radical (unpaired) electrons. The molecule has 0 amide bonds. The van der Waals surface area contributed by atoms with E-state index in [4.69, 9.17) is 9.47 Å². The smallest absolute Gasteiger partial charge is 0.231 e. The number of aromatic nitrogens is 1. The average molecular weight is 334 g/mol. The van der Waals surface area contributed by atoms with Crippen molar-refractivity contribution in [2.45, 2.75) is 38.0 Å². The molecule has 0 saturated heterocycles. The maximum absolute atomic E-state index is 5.45. The third kappa shape index (κ3) is 2.72. The number of ether oxygens (including phenoxy) is 2. The van der Waals surface area contributed by atoms with Gasteiger partial charge in [-0.3, -0.25) is 0 Å². The minimum atomic E-state index is 0.303. The second kappa shape index (κ2) is 6.03. The normalized spacial score (nSPS) is 17.1. The van der Waals surface area contributed by atoms with Gasteiger partial charge in [0, 0.05) is 34.5 Å². The van der Waals surface area contributed by atoms with Crippen LogP contribution in [0.3, 0.4) is 0 Å². The zero-order chi connectivity index (χ0) is 16.6. The van der Waals surface area contributed by atoms with Crippen molar-refractivity contribution in [3.05, 3.63) is 48.2 Å². The van der Waals surface area contributed by atoms with E-state index in [-0.39, 0.29) is 0 Å². The van der Waals surface area contributed by atoms with Gasteiger partial charge < -0.3 is 19.8 Å². The van der Waals surface area contributed by atoms with Crippen LogP contribution >= 0.6 is 0 Å². The first-order chi connectivity index (χ1) is 12.4. The van der Waals surface area contributed by atoms with Gasteiger partial charge in [0.15, 0.2) is 11.5 Å². The molecular weight excluding hydrogens is 312 g/mol. The molecular formula is C21H22N2O2. The Balaban J connectivity index is 1.41. The third-order valence-electron chi connectivity index (χ3n) is 5.42. The van der Waals surface area contributed by atoms with Crippen LogP contribution < -0.4 is 14.8 Å². The molecule has 0 spiro atoms. The predicted molar refractivity (Wildman–Crippen MR) is 100.0 cm³/mol. The van der Waals surface area contributed by atoms with E-state index in [1.54, 1.807) is 0 Å². The van der Waals surface area contributed by atoms with Gasteiger partial charge in [0.25, 0.3) is 0 Å². The van der Waals surface area contributed by atoms with E-state index >= 15 is 0 Å². The standard InChI is InChI=1S/C21H22N2O2/c1-2-4-14(5-3-1)18-12-22-19-10-15(6-8-17(18)19)23-16-7-9-20-21(11-16)25-13-24-20/h6-12,14,22-23H,1-5,13H2. The van der Waals surface area contributed by atoms with Crippen molar-refractivity contribution in [1.82, 2.24) is 4.98 Å². The number of nitrogens with one attached hydrogen (secondary N) is 2. The molecule has 4 heteroatoms. The van der Waals surface area contributed by atoms with Crippen molar-refractivity contribution in [1.29, 1.82) is 0 Å². The fraction of sp³-hybridized carbons (Fsp3) is 0.333. The molecule has 1 fully saturated rings. The monoisotopic (exact) mass is 334 g/mol. The maximum Gasteiger partial charge on any atom is 0.231 e. The van der Waals surface area contributed by atoms with Gasteiger partial charge in [-0.1, -0.05) is 25.3 Å². The fourth-order valence-electron chi connectivity index (χ4n) is 4.12. The summed E-state index contributed by atoms with van der Waals surface area (Å²) in [5, 5.41) is 4.82. The molecule has 5 rings (SSSR count). The Hall–Kier alpha value is -2.62. The zero-order valence-electron chi connectivity index (χ0n) is 14.2. The fourth-order valence-corrected chi connectivity index (χ4v) is 4.12. The lowest BCUT2D eigenvalue weighted by Crippen LogP contribution is -2.03. The molecule has 2 aliphatic rings. The molecule has 1 aliphatic heterocycles. The minimum Gasteiger partial charge on any atom is -0.454 e. The molecule has 0 unspecified atom stereocenters. The molecule has 2 heterocycles. The molecule has 2 N–H and O–H groups in total. The first-order valence-corrected chi connectivity index (χ1v) is 9.14. The summed E-state index contributed by atoms with van der Waals surface area (Å²) in [5.74, 6) is 2.32. The molecule has 1 aliphatic carbocycles. The number of H-pyrrole nitrogens is 1. The SMILES string of the molecule is c1cc2c(cc1Nc1ccc3c(C4CCCCC4)c[nH]c3c1)OCO2. The Morgan fingerprint density at radius 3 is 2.60 bits per heavy atom.